The van der Waals surface area contributed by atoms with Gasteiger partial charge >= 0.3 is 0 Å². The summed E-state index contributed by atoms with van der Waals surface area (Å²) in [4.78, 5) is 17.4. The van der Waals surface area contributed by atoms with Crippen molar-refractivity contribution in [1.29, 1.82) is 0 Å². The predicted molar refractivity (Wildman–Crippen MR) is 109 cm³/mol. The minimum Gasteiger partial charge on any atom is -0.245 e. The number of aromatic nitrogens is 6. The first-order chi connectivity index (χ1) is 13.7. The molecule has 28 heavy (non-hydrogen) atoms. The Bertz CT molecular complexity index is 797. The molecule has 3 rings (SSSR count). The summed E-state index contributed by atoms with van der Waals surface area (Å²) >= 11 is 0. The van der Waals surface area contributed by atoms with E-state index in [0.717, 1.165) is 37.9 Å². The van der Waals surface area contributed by atoms with Crippen LogP contribution in [0.4, 0.5) is 0 Å². The fourth-order valence-electron chi connectivity index (χ4n) is 3.54. The van der Waals surface area contributed by atoms with Crippen molar-refractivity contribution < 1.29 is 0 Å². The van der Waals surface area contributed by atoms with Gasteiger partial charge in [0.1, 0.15) is 12.2 Å². The minimum atomic E-state index is 0.371. The van der Waals surface area contributed by atoms with Crippen molar-refractivity contribution in [3.63, 3.8) is 0 Å². The summed E-state index contributed by atoms with van der Waals surface area (Å²) in [5, 5.41) is 7.86. The Morgan fingerprint density at radius 1 is 0.750 bits per heavy atom. The van der Waals surface area contributed by atoms with Crippen molar-refractivity contribution in [3.8, 4) is 0 Å². The highest BCUT2D eigenvalue weighted by Crippen LogP contribution is 2.31. The van der Waals surface area contributed by atoms with E-state index in [1.165, 1.54) is 11.1 Å². The van der Waals surface area contributed by atoms with Gasteiger partial charge in [0.25, 0.3) is 0 Å². The highest BCUT2D eigenvalue weighted by atomic mass is 15.1. The van der Waals surface area contributed by atoms with Crippen molar-refractivity contribution in [3.05, 3.63) is 72.6 Å². The van der Waals surface area contributed by atoms with Gasteiger partial charge in [0.15, 0.2) is 0 Å². The lowest BCUT2D eigenvalue weighted by atomic mass is 9.88. The number of hydrogen-bond acceptors (Lipinski definition) is 6. The van der Waals surface area contributed by atoms with E-state index in [1.807, 2.05) is 37.1 Å². The van der Waals surface area contributed by atoms with Crippen LogP contribution in [-0.2, 0) is 0 Å². The molecule has 3 unspecified atom stereocenters. The van der Waals surface area contributed by atoms with E-state index < -0.39 is 0 Å². The molecule has 0 fully saturated rings. The van der Waals surface area contributed by atoms with Gasteiger partial charge in [-0.3, -0.25) is 0 Å². The van der Waals surface area contributed by atoms with Crippen LogP contribution >= 0.6 is 0 Å². The molecular formula is C22H28N6. The number of hydrogen-bond donors (Lipinski definition) is 0. The Balaban J connectivity index is 1.56. The maximum atomic E-state index is 4.53. The molecule has 0 aliphatic carbocycles. The molecule has 6 heteroatoms. The van der Waals surface area contributed by atoms with E-state index in [1.54, 1.807) is 12.5 Å². The molecular weight excluding hydrogens is 348 g/mol. The second-order valence-corrected chi connectivity index (χ2v) is 7.46. The summed E-state index contributed by atoms with van der Waals surface area (Å²) in [5.41, 5.74) is 2.44. The lowest BCUT2D eigenvalue weighted by molar-refractivity contribution is 0.467. The molecule has 0 N–H and O–H groups in total. The Labute approximate surface area is 166 Å². The van der Waals surface area contributed by atoms with Gasteiger partial charge in [0.05, 0.1) is 6.20 Å². The van der Waals surface area contributed by atoms with E-state index in [4.69, 9.17) is 0 Å². The van der Waals surface area contributed by atoms with Crippen LogP contribution in [-0.4, -0.2) is 30.1 Å². The summed E-state index contributed by atoms with van der Waals surface area (Å²) in [6.45, 7) is 4.49. The van der Waals surface area contributed by atoms with Crippen molar-refractivity contribution in [1.82, 2.24) is 30.1 Å². The molecule has 0 saturated carbocycles. The largest absolute Gasteiger partial charge is 0.245 e. The normalized spacial score (nSPS) is 14.4. The van der Waals surface area contributed by atoms with Crippen LogP contribution < -0.4 is 0 Å². The van der Waals surface area contributed by atoms with Crippen molar-refractivity contribution in [2.45, 2.75) is 63.7 Å². The molecule has 6 nitrogen and oxygen atoms in total. The Morgan fingerprint density at radius 3 is 2.21 bits per heavy atom. The summed E-state index contributed by atoms with van der Waals surface area (Å²) in [6, 6.07) is 3.93. The Kier molecular flexibility index (Phi) is 7.53. The van der Waals surface area contributed by atoms with Crippen LogP contribution in [0.5, 0.6) is 0 Å². The molecule has 3 aromatic heterocycles. The van der Waals surface area contributed by atoms with Crippen molar-refractivity contribution in [2.24, 2.45) is 0 Å². The zero-order valence-corrected chi connectivity index (χ0v) is 16.6. The SMILES string of the molecule is CC(CCCC(CCC(C)c1cncnc1)c1ncccn1)c1ccnnc1. The first-order valence-corrected chi connectivity index (χ1v) is 10.0. The van der Waals surface area contributed by atoms with E-state index >= 15 is 0 Å². The molecule has 0 amide bonds. The summed E-state index contributed by atoms with van der Waals surface area (Å²) in [6.07, 6.45) is 18.2. The third-order valence-electron chi connectivity index (χ3n) is 5.41. The molecule has 0 spiro atoms. The predicted octanol–water partition coefficient (Wildman–Crippen LogP) is 4.70. The highest BCUT2D eigenvalue weighted by Gasteiger charge is 2.17. The van der Waals surface area contributed by atoms with E-state index in [2.05, 4.69) is 50.0 Å². The third-order valence-corrected chi connectivity index (χ3v) is 5.41. The zero-order valence-electron chi connectivity index (χ0n) is 16.6. The Hall–Kier alpha value is -2.76. The average molecular weight is 377 g/mol. The van der Waals surface area contributed by atoms with Crippen molar-refractivity contribution in [2.75, 3.05) is 0 Å². The van der Waals surface area contributed by atoms with Gasteiger partial charge in [-0.25, -0.2) is 19.9 Å². The Morgan fingerprint density at radius 2 is 1.50 bits per heavy atom. The molecule has 3 atom stereocenters. The maximum absolute atomic E-state index is 4.53. The van der Waals surface area contributed by atoms with Gasteiger partial charge < -0.3 is 0 Å². The molecule has 0 bridgehead atoms. The lowest BCUT2D eigenvalue weighted by Gasteiger charge is -2.19. The van der Waals surface area contributed by atoms with E-state index in [-0.39, 0.29) is 0 Å². The van der Waals surface area contributed by atoms with Crippen LogP contribution in [0.3, 0.4) is 0 Å². The highest BCUT2D eigenvalue weighted by molar-refractivity contribution is 5.11. The van der Waals surface area contributed by atoms with Gasteiger partial charge in [-0.2, -0.15) is 10.2 Å². The molecule has 0 aliphatic rings. The third kappa shape index (κ3) is 5.87. The average Bonchev–Trinajstić information content (AvgIpc) is 2.77. The van der Waals surface area contributed by atoms with Crippen LogP contribution in [0.25, 0.3) is 0 Å². The van der Waals surface area contributed by atoms with Crippen LogP contribution in [0.1, 0.15) is 80.7 Å². The van der Waals surface area contributed by atoms with Gasteiger partial charge in [0.2, 0.25) is 0 Å². The first-order valence-electron chi connectivity index (χ1n) is 10.0. The minimum absolute atomic E-state index is 0.371. The monoisotopic (exact) mass is 376 g/mol. The van der Waals surface area contributed by atoms with Gasteiger partial charge in [0, 0.05) is 36.9 Å². The summed E-state index contributed by atoms with van der Waals surface area (Å²) in [5.74, 6) is 2.23. The molecule has 0 radical (unpaired) electrons. The fourth-order valence-corrected chi connectivity index (χ4v) is 3.54. The second-order valence-electron chi connectivity index (χ2n) is 7.46. The number of rotatable bonds is 10. The van der Waals surface area contributed by atoms with Gasteiger partial charge in [-0.15, -0.1) is 0 Å². The van der Waals surface area contributed by atoms with Crippen LogP contribution in [0, 0.1) is 0 Å². The first kappa shape index (κ1) is 20.0. The maximum Gasteiger partial charge on any atom is 0.131 e. The van der Waals surface area contributed by atoms with Gasteiger partial charge in [-0.05, 0) is 60.8 Å². The summed E-state index contributed by atoms with van der Waals surface area (Å²) < 4.78 is 0. The van der Waals surface area contributed by atoms with Crippen molar-refractivity contribution >= 4 is 0 Å². The zero-order chi connectivity index (χ0) is 19.6. The molecule has 3 aromatic rings. The quantitative estimate of drug-likeness (QED) is 0.510. The lowest BCUT2D eigenvalue weighted by Crippen LogP contribution is -2.07. The standard InChI is InChI=1S/C22H28N6/c1-17(20-9-12-27-28-15-20)5-3-6-19(22-25-10-4-11-26-22)8-7-18(2)21-13-23-16-24-14-21/h4,9-19H,3,5-8H2,1-2H3. The molecule has 3 heterocycles. The smallest absolute Gasteiger partial charge is 0.131 e. The molecule has 0 aromatic carbocycles. The summed E-state index contributed by atoms with van der Waals surface area (Å²) in [7, 11) is 0. The van der Waals surface area contributed by atoms with Gasteiger partial charge in [-0.1, -0.05) is 20.3 Å². The molecule has 0 saturated heterocycles. The number of nitrogens with zero attached hydrogens (tertiary/aromatic N) is 6. The second kappa shape index (κ2) is 10.5. The van der Waals surface area contributed by atoms with E-state index in [0.29, 0.717) is 17.8 Å². The fraction of sp³-hybridized carbons (Fsp3) is 0.455. The van der Waals surface area contributed by atoms with Crippen LogP contribution in [0.15, 0.2) is 55.6 Å². The molecule has 0 aliphatic heterocycles. The molecule has 146 valence electrons. The van der Waals surface area contributed by atoms with Crippen LogP contribution in [0.2, 0.25) is 0 Å². The topological polar surface area (TPSA) is 77.3 Å². The van der Waals surface area contributed by atoms with E-state index in [9.17, 15) is 0 Å².